The van der Waals surface area contributed by atoms with Crippen molar-refractivity contribution in [3.05, 3.63) is 33.7 Å². The second-order valence-electron chi connectivity index (χ2n) is 5.82. The molecule has 0 aliphatic heterocycles. The lowest BCUT2D eigenvalue weighted by molar-refractivity contribution is 0.680. The summed E-state index contributed by atoms with van der Waals surface area (Å²) in [7, 11) is 0. The van der Waals surface area contributed by atoms with E-state index in [9.17, 15) is 0 Å². The van der Waals surface area contributed by atoms with Crippen molar-refractivity contribution >= 4 is 22.9 Å². The van der Waals surface area contributed by atoms with E-state index < -0.39 is 0 Å². The molecule has 120 valence electrons. The van der Waals surface area contributed by atoms with Gasteiger partial charge in [-0.15, -0.1) is 11.3 Å². The van der Waals surface area contributed by atoms with E-state index in [1.165, 1.54) is 34.8 Å². The minimum atomic E-state index is 0.650. The van der Waals surface area contributed by atoms with Crippen molar-refractivity contribution in [2.45, 2.75) is 45.4 Å². The Hall–Kier alpha value is -2.02. The van der Waals surface area contributed by atoms with Crippen LogP contribution >= 0.6 is 11.3 Å². The molecule has 0 saturated carbocycles. The first-order chi connectivity index (χ1) is 11.3. The molecule has 23 heavy (non-hydrogen) atoms. The van der Waals surface area contributed by atoms with Gasteiger partial charge < -0.3 is 5.32 Å². The average Bonchev–Trinajstić information content (AvgIpc) is 3.20. The first-order valence-electron chi connectivity index (χ1n) is 8.24. The fraction of sp³-hybridized carbons (Fsp3) is 0.500. The number of thiazole rings is 1. The van der Waals surface area contributed by atoms with Crippen molar-refractivity contribution in [1.82, 2.24) is 24.6 Å². The van der Waals surface area contributed by atoms with Crippen LogP contribution in [-0.2, 0) is 25.7 Å². The molecule has 0 amide bonds. The van der Waals surface area contributed by atoms with Crippen molar-refractivity contribution in [2.75, 3.05) is 11.9 Å². The molecule has 0 fully saturated rings. The lowest BCUT2D eigenvalue weighted by Gasteiger charge is -2.08. The molecule has 0 saturated heterocycles. The third-order valence-electron chi connectivity index (χ3n) is 4.20. The normalized spacial score (nSPS) is 14.1. The van der Waals surface area contributed by atoms with E-state index in [2.05, 4.69) is 33.4 Å². The van der Waals surface area contributed by atoms with Crippen molar-refractivity contribution in [3.63, 3.8) is 0 Å². The third-order valence-corrected chi connectivity index (χ3v) is 5.42. The van der Waals surface area contributed by atoms with Gasteiger partial charge in [-0.3, -0.25) is 0 Å². The van der Waals surface area contributed by atoms with Crippen LogP contribution in [0.2, 0.25) is 0 Å². The summed E-state index contributed by atoms with van der Waals surface area (Å²) in [6, 6.07) is 2.05. The van der Waals surface area contributed by atoms with Crippen molar-refractivity contribution in [3.8, 4) is 0 Å². The molecule has 0 aromatic carbocycles. The summed E-state index contributed by atoms with van der Waals surface area (Å²) in [4.78, 5) is 15.0. The van der Waals surface area contributed by atoms with Gasteiger partial charge in [0.1, 0.15) is 12.1 Å². The number of hydrogen-bond acceptors (Lipinski definition) is 6. The van der Waals surface area contributed by atoms with Crippen molar-refractivity contribution < 1.29 is 0 Å². The summed E-state index contributed by atoms with van der Waals surface area (Å²) < 4.78 is 1.76. The van der Waals surface area contributed by atoms with Gasteiger partial charge >= 0.3 is 0 Å². The van der Waals surface area contributed by atoms with Crippen LogP contribution < -0.4 is 5.32 Å². The van der Waals surface area contributed by atoms with Crippen LogP contribution in [0.25, 0.3) is 5.78 Å². The molecule has 7 heteroatoms. The van der Waals surface area contributed by atoms with Crippen LogP contribution in [0.3, 0.4) is 0 Å². The predicted molar refractivity (Wildman–Crippen MR) is 91.1 cm³/mol. The van der Waals surface area contributed by atoms with Gasteiger partial charge in [0.25, 0.3) is 5.78 Å². The summed E-state index contributed by atoms with van der Waals surface area (Å²) in [6.07, 6.45) is 8.34. The summed E-state index contributed by atoms with van der Waals surface area (Å²) in [5.74, 6) is 1.60. The number of nitrogens with zero attached hydrogens (tertiary/aromatic N) is 5. The highest BCUT2D eigenvalue weighted by atomic mass is 32.1. The fourth-order valence-electron chi connectivity index (χ4n) is 2.98. The molecule has 0 radical (unpaired) electrons. The first-order valence-corrected chi connectivity index (χ1v) is 9.06. The maximum atomic E-state index is 4.80. The first kappa shape index (κ1) is 14.6. The third kappa shape index (κ3) is 2.93. The number of rotatable bonds is 5. The molecule has 3 aromatic rings. The molecule has 1 aliphatic carbocycles. The number of anilines is 1. The second-order valence-corrected chi connectivity index (χ2v) is 6.99. The number of aryl methyl sites for hydroxylation is 3. The minimum Gasteiger partial charge on any atom is -0.369 e. The zero-order chi connectivity index (χ0) is 15.6. The van der Waals surface area contributed by atoms with Gasteiger partial charge in [-0.25, -0.2) is 9.97 Å². The Kier molecular flexibility index (Phi) is 3.95. The quantitative estimate of drug-likeness (QED) is 0.780. The van der Waals surface area contributed by atoms with Crippen LogP contribution in [0.4, 0.5) is 5.82 Å². The van der Waals surface area contributed by atoms with Crippen LogP contribution in [0.15, 0.2) is 12.4 Å². The standard InChI is InChI=1S/C16H20N6S/c1-2-11-9-14(22-16(20-11)18-10-19-22)17-8-7-15-21-12-5-3-4-6-13(12)23-15/h9-10,17H,2-8H2,1H3. The van der Waals surface area contributed by atoms with Crippen molar-refractivity contribution in [1.29, 1.82) is 0 Å². The highest BCUT2D eigenvalue weighted by Crippen LogP contribution is 2.26. The molecule has 3 aromatic heterocycles. The molecule has 0 atom stereocenters. The van der Waals surface area contributed by atoms with E-state index in [0.29, 0.717) is 5.78 Å². The van der Waals surface area contributed by atoms with E-state index in [1.807, 2.05) is 11.3 Å². The molecule has 6 nitrogen and oxygen atoms in total. The Morgan fingerprint density at radius 2 is 2.17 bits per heavy atom. The Morgan fingerprint density at radius 3 is 3.04 bits per heavy atom. The van der Waals surface area contributed by atoms with Crippen LogP contribution in [-0.4, -0.2) is 31.1 Å². The summed E-state index contributed by atoms with van der Waals surface area (Å²) >= 11 is 1.89. The molecule has 0 spiro atoms. The molecule has 0 unspecified atom stereocenters. The van der Waals surface area contributed by atoms with Crippen LogP contribution in [0.1, 0.15) is 41.0 Å². The Bertz CT molecular complexity index is 798. The molecular formula is C16H20N6S. The largest absolute Gasteiger partial charge is 0.369 e. The van der Waals surface area contributed by atoms with E-state index in [4.69, 9.17) is 4.98 Å². The molecule has 3 heterocycles. The number of nitrogens with one attached hydrogen (secondary N) is 1. The van der Waals surface area contributed by atoms with Crippen LogP contribution in [0, 0.1) is 0 Å². The Labute approximate surface area is 139 Å². The van der Waals surface area contributed by atoms with E-state index in [-0.39, 0.29) is 0 Å². The molecular weight excluding hydrogens is 308 g/mol. The predicted octanol–water partition coefficient (Wildman–Crippen LogP) is 2.68. The van der Waals surface area contributed by atoms with Crippen LogP contribution in [0.5, 0.6) is 0 Å². The average molecular weight is 328 g/mol. The zero-order valence-electron chi connectivity index (χ0n) is 13.2. The summed E-state index contributed by atoms with van der Waals surface area (Å²) in [5, 5.41) is 8.94. The summed E-state index contributed by atoms with van der Waals surface area (Å²) in [6.45, 7) is 2.94. The van der Waals surface area contributed by atoms with Crippen molar-refractivity contribution in [2.24, 2.45) is 0 Å². The van der Waals surface area contributed by atoms with Gasteiger partial charge in [0, 0.05) is 29.6 Å². The highest BCUT2D eigenvalue weighted by Gasteiger charge is 2.15. The van der Waals surface area contributed by atoms with Gasteiger partial charge in [-0.05, 0) is 32.1 Å². The lowest BCUT2D eigenvalue weighted by Crippen LogP contribution is -2.10. The Balaban J connectivity index is 1.46. The minimum absolute atomic E-state index is 0.650. The smallest absolute Gasteiger partial charge is 0.254 e. The molecule has 1 aliphatic rings. The highest BCUT2D eigenvalue weighted by molar-refractivity contribution is 7.11. The van der Waals surface area contributed by atoms with E-state index in [1.54, 1.807) is 10.8 Å². The van der Waals surface area contributed by atoms with E-state index in [0.717, 1.165) is 37.3 Å². The van der Waals surface area contributed by atoms with Gasteiger partial charge in [0.2, 0.25) is 0 Å². The number of fused-ring (bicyclic) bond motifs is 2. The number of aromatic nitrogens is 5. The lowest BCUT2D eigenvalue weighted by atomic mass is 10.0. The molecule has 4 rings (SSSR count). The fourth-order valence-corrected chi connectivity index (χ4v) is 4.13. The molecule has 1 N–H and O–H groups in total. The maximum Gasteiger partial charge on any atom is 0.254 e. The zero-order valence-corrected chi connectivity index (χ0v) is 14.1. The topological polar surface area (TPSA) is 68.0 Å². The van der Waals surface area contributed by atoms with E-state index >= 15 is 0 Å². The van der Waals surface area contributed by atoms with Gasteiger partial charge in [-0.1, -0.05) is 6.92 Å². The van der Waals surface area contributed by atoms with Gasteiger partial charge in [0.05, 0.1) is 10.7 Å². The maximum absolute atomic E-state index is 4.80. The SMILES string of the molecule is CCc1cc(NCCc2nc3c(s2)CCCC3)n2ncnc2n1. The Morgan fingerprint density at radius 1 is 1.26 bits per heavy atom. The monoisotopic (exact) mass is 328 g/mol. The van der Waals surface area contributed by atoms with Gasteiger partial charge in [-0.2, -0.15) is 14.6 Å². The summed E-state index contributed by atoms with van der Waals surface area (Å²) in [5.41, 5.74) is 2.37. The number of hydrogen-bond donors (Lipinski definition) is 1. The van der Waals surface area contributed by atoms with Gasteiger partial charge in [0.15, 0.2) is 0 Å². The molecule has 0 bridgehead atoms. The second kappa shape index (κ2) is 6.23.